The van der Waals surface area contributed by atoms with Gasteiger partial charge in [0.2, 0.25) is 5.91 Å². The number of amides is 1. The molecule has 118 valence electrons. The molecule has 0 saturated carbocycles. The van der Waals surface area contributed by atoms with E-state index in [0.717, 1.165) is 23.7 Å². The maximum Gasteiger partial charge on any atom is 0.222 e. The zero-order valence-corrected chi connectivity index (χ0v) is 14.5. The van der Waals surface area contributed by atoms with Crippen molar-refractivity contribution in [1.82, 2.24) is 14.8 Å². The summed E-state index contributed by atoms with van der Waals surface area (Å²) in [6, 6.07) is 0.0641. The van der Waals surface area contributed by atoms with Gasteiger partial charge in [-0.25, -0.2) is 4.98 Å². The first kappa shape index (κ1) is 16.4. The van der Waals surface area contributed by atoms with E-state index in [1.54, 1.807) is 11.3 Å². The number of likely N-dealkylation sites (tertiary alicyclic amines) is 1. The molecule has 5 heteroatoms. The Morgan fingerprint density at radius 2 is 2.05 bits per heavy atom. The summed E-state index contributed by atoms with van der Waals surface area (Å²) in [6.07, 6.45) is 4.23. The molecule has 0 spiro atoms. The SMILES string of the molecule is Cc1nc(C(C)N(C)C(=O)CCCN2CCCC2)c(C)s1. The maximum atomic E-state index is 12.3. The van der Waals surface area contributed by atoms with E-state index in [2.05, 4.69) is 23.7 Å². The van der Waals surface area contributed by atoms with Crippen LogP contribution in [0.15, 0.2) is 0 Å². The van der Waals surface area contributed by atoms with Gasteiger partial charge in [0.15, 0.2) is 0 Å². The van der Waals surface area contributed by atoms with Gasteiger partial charge in [0.25, 0.3) is 0 Å². The van der Waals surface area contributed by atoms with Gasteiger partial charge < -0.3 is 9.80 Å². The first-order chi connectivity index (χ1) is 9.99. The van der Waals surface area contributed by atoms with Crippen molar-refractivity contribution < 1.29 is 4.79 Å². The van der Waals surface area contributed by atoms with Gasteiger partial charge in [-0.05, 0) is 59.7 Å². The van der Waals surface area contributed by atoms with Crippen molar-refractivity contribution in [3.05, 3.63) is 15.6 Å². The molecule has 0 radical (unpaired) electrons. The molecular weight excluding hydrogens is 282 g/mol. The lowest BCUT2D eigenvalue weighted by atomic mass is 10.1. The Morgan fingerprint density at radius 1 is 1.38 bits per heavy atom. The van der Waals surface area contributed by atoms with Crippen LogP contribution in [-0.4, -0.2) is 47.4 Å². The molecule has 0 N–H and O–H groups in total. The largest absolute Gasteiger partial charge is 0.337 e. The zero-order valence-electron chi connectivity index (χ0n) is 13.7. The molecule has 0 bridgehead atoms. The predicted octanol–water partition coefficient (Wildman–Crippen LogP) is 3.16. The zero-order chi connectivity index (χ0) is 15.4. The van der Waals surface area contributed by atoms with Crippen LogP contribution in [-0.2, 0) is 4.79 Å². The number of carbonyl (C=O) groups is 1. The molecular formula is C16H27N3OS. The number of nitrogens with zero attached hydrogens (tertiary/aromatic N) is 3. The minimum atomic E-state index is 0.0641. The third-order valence-electron chi connectivity index (χ3n) is 4.37. The topological polar surface area (TPSA) is 36.4 Å². The van der Waals surface area contributed by atoms with Gasteiger partial charge in [-0.3, -0.25) is 4.79 Å². The van der Waals surface area contributed by atoms with E-state index in [9.17, 15) is 4.79 Å². The lowest BCUT2D eigenvalue weighted by molar-refractivity contribution is -0.132. The smallest absolute Gasteiger partial charge is 0.222 e. The van der Waals surface area contributed by atoms with Gasteiger partial charge >= 0.3 is 0 Å². The van der Waals surface area contributed by atoms with Gasteiger partial charge in [-0.15, -0.1) is 11.3 Å². The van der Waals surface area contributed by atoms with Crippen LogP contribution in [0.2, 0.25) is 0 Å². The summed E-state index contributed by atoms with van der Waals surface area (Å²) >= 11 is 1.71. The molecule has 1 aliphatic heterocycles. The van der Waals surface area contributed by atoms with E-state index in [1.807, 2.05) is 18.9 Å². The first-order valence-electron chi connectivity index (χ1n) is 7.91. The van der Waals surface area contributed by atoms with Crippen molar-refractivity contribution in [2.45, 2.75) is 52.5 Å². The van der Waals surface area contributed by atoms with Crippen molar-refractivity contribution in [2.24, 2.45) is 0 Å². The fourth-order valence-corrected chi connectivity index (χ4v) is 3.88. The van der Waals surface area contributed by atoms with E-state index in [0.29, 0.717) is 6.42 Å². The molecule has 2 rings (SSSR count). The summed E-state index contributed by atoms with van der Waals surface area (Å²) < 4.78 is 0. The van der Waals surface area contributed by atoms with Crippen molar-refractivity contribution >= 4 is 17.2 Å². The molecule has 1 atom stereocenters. The van der Waals surface area contributed by atoms with Crippen LogP contribution in [0.3, 0.4) is 0 Å². The number of hydrogen-bond acceptors (Lipinski definition) is 4. The normalized spacial score (nSPS) is 17.1. The number of rotatable bonds is 6. The number of hydrogen-bond donors (Lipinski definition) is 0. The monoisotopic (exact) mass is 309 g/mol. The second kappa shape index (κ2) is 7.36. The van der Waals surface area contributed by atoms with Gasteiger partial charge in [-0.2, -0.15) is 0 Å². The minimum absolute atomic E-state index is 0.0641. The van der Waals surface area contributed by atoms with Crippen LogP contribution < -0.4 is 0 Å². The van der Waals surface area contributed by atoms with Crippen LogP contribution in [0.25, 0.3) is 0 Å². The molecule has 1 saturated heterocycles. The number of thiazole rings is 1. The van der Waals surface area contributed by atoms with Gasteiger partial charge in [-0.1, -0.05) is 0 Å². The maximum absolute atomic E-state index is 12.3. The van der Waals surface area contributed by atoms with Gasteiger partial charge in [0, 0.05) is 18.3 Å². The Morgan fingerprint density at radius 3 is 2.62 bits per heavy atom. The molecule has 1 amide bonds. The van der Waals surface area contributed by atoms with E-state index >= 15 is 0 Å². The molecule has 2 heterocycles. The van der Waals surface area contributed by atoms with Crippen molar-refractivity contribution in [3.63, 3.8) is 0 Å². The summed E-state index contributed by atoms with van der Waals surface area (Å²) in [5.41, 5.74) is 1.05. The Balaban J connectivity index is 1.82. The van der Waals surface area contributed by atoms with Gasteiger partial charge in [0.1, 0.15) is 0 Å². The second-order valence-electron chi connectivity index (χ2n) is 6.01. The second-order valence-corrected chi connectivity index (χ2v) is 7.41. The van der Waals surface area contributed by atoms with Crippen molar-refractivity contribution in [3.8, 4) is 0 Å². The third-order valence-corrected chi connectivity index (χ3v) is 5.28. The van der Waals surface area contributed by atoms with E-state index in [-0.39, 0.29) is 11.9 Å². The Labute approximate surface area is 132 Å². The number of aromatic nitrogens is 1. The number of aryl methyl sites for hydroxylation is 2. The average molecular weight is 309 g/mol. The fraction of sp³-hybridized carbons (Fsp3) is 0.750. The summed E-state index contributed by atoms with van der Waals surface area (Å²) in [7, 11) is 1.90. The fourth-order valence-electron chi connectivity index (χ4n) is 2.97. The highest BCUT2D eigenvalue weighted by molar-refractivity contribution is 7.11. The molecule has 21 heavy (non-hydrogen) atoms. The van der Waals surface area contributed by atoms with Crippen LogP contribution in [0.5, 0.6) is 0 Å². The quantitative estimate of drug-likeness (QED) is 0.810. The highest BCUT2D eigenvalue weighted by Gasteiger charge is 2.21. The molecule has 1 aromatic heterocycles. The third kappa shape index (κ3) is 4.27. The Bertz CT molecular complexity index is 480. The Kier molecular flexibility index (Phi) is 5.76. The molecule has 0 aliphatic carbocycles. The summed E-state index contributed by atoms with van der Waals surface area (Å²) in [6.45, 7) is 9.64. The predicted molar refractivity (Wildman–Crippen MR) is 87.7 cm³/mol. The standard InChI is InChI=1S/C16H27N3OS/c1-12(16-13(2)21-14(3)17-16)18(4)15(20)8-7-11-19-9-5-6-10-19/h12H,5-11H2,1-4H3. The minimum Gasteiger partial charge on any atom is -0.337 e. The molecule has 1 aromatic rings. The van der Waals surface area contributed by atoms with E-state index in [1.165, 1.54) is 30.8 Å². The lowest BCUT2D eigenvalue weighted by Gasteiger charge is -2.25. The van der Waals surface area contributed by atoms with Gasteiger partial charge in [0.05, 0.1) is 16.7 Å². The van der Waals surface area contributed by atoms with Crippen LogP contribution in [0, 0.1) is 13.8 Å². The van der Waals surface area contributed by atoms with Crippen molar-refractivity contribution in [1.29, 1.82) is 0 Å². The van der Waals surface area contributed by atoms with E-state index in [4.69, 9.17) is 0 Å². The van der Waals surface area contributed by atoms with Crippen LogP contribution >= 0.6 is 11.3 Å². The summed E-state index contributed by atoms with van der Waals surface area (Å²) in [4.78, 5) is 22.4. The molecule has 4 nitrogen and oxygen atoms in total. The molecule has 1 aliphatic rings. The number of carbonyl (C=O) groups excluding carboxylic acids is 1. The Hall–Kier alpha value is -0.940. The highest BCUT2D eigenvalue weighted by atomic mass is 32.1. The van der Waals surface area contributed by atoms with Crippen molar-refractivity contribution in [2.75, 3.05) is 26.7 Å². The lowest BCUT2D eigenvalue weighted by Crippen LogP contribution is -2.31. The van der Waals surface area contributed by atoms with Crippen LogP contribution in [0.4, 0.5) is 0 Å². The van der Waals surface area contributed by atoms with E-state index < -0.39 is 0 Å². The highest BCUT2D eigenvalue weighted by Crippen LogP contribution is 2.26. The average Bonchev–Trinajstić information content (AvgIpc) is 3.06. The van der Waals surface area contributed by atoms with Crippen LogP contribution in [0.1, 0.15) is 54.2 Å². The summed E-state index contributed by atoms with van der Waals surface area (Å²) in [5.74, 6) is 0.228. The first-order valence-corrected chi connectivity index (χ1v) is 8.72. The summed E-state index contributed by atoms with van der Waals surface area (Å²) in [5, 5.41) is 1.07. The molecule has 0 aromatic carbocycles. The molecule has 1 fully saturated rings. The molecule has 1 unspecified atom stereocenters.